The average Bonchev–Trinajstić information content (AvgIpc) is 2.63. The smallest absolute Gasteiger partial charge is 0.0369 e. The van der Waals surface area contributed by atoms with E-state index in [0.717, 1.165) is 6.04 Å². The second kappa shape index (κ2) is 9.69. The van der Waals surface area contributed by atoms with Crippen molar-refractivity contribution in [3.63, 3.8) is 0 Å². The Balaban J connectivity index is 1.27. The molecule has 0 unspecified atom stereocenters. The Kier molecular flexibility index (Phi) is 7.30. The third-order valence-corrected chi connectivity index (χ3v) is 6.34. The normalized spacial score (nSPS) is 20.5. The molecule has 2 aliphatic heterocycles. The first-order valence-corrected chi connectivity index (χ1v) is 10.8. The third kappa shape index (κ3) is 5.68. The second-order valence-corrected chi connectivity index (χ2v) is 8.44. The van der Waals surface area contributed by atoms with E-state index < -0.39 is 0 Å². The molecule has 0 aromatic heterocycles. The Morgan fingerprint density at radius 3 is 2.62 bits per heavy atom. The number of anilines is 1. The van der Waals surface area contributed by atoms with E-state index in [0.29, 0.717) is 0 Å². The Labute approximate surface area is 152 Å². The van der Waals surface area contributed by atoms with E-state index in [9.17, 15) is 0 Å². The summed E-state index contributed by atoms with van der Waals surface area (Å²) in [5, 5.41) is 3.75. The van der Waals surface area contributed by atoms with E-state index in [-0.39, 0.29) is 0 Å². The van der Waals surface area contributed by atoms with Crippen molar-refractivity contribution in [2.45, 2.75) is 38.6 Å². The summed E-state index contributed by atoms with van der Waals surface area (Å²) in [7, 11) is 0. The van der Waals surface area contributed by atoms with Crippen LogP contribution in [0.4, 0.5) is 5.69 Å². The first-order chi connectivity index (χ1) is 11.8. The molecule has 3 nitrogen and oxygen atoms in total. The summed E-state index contributed by atoms with van der Waals surface area (Å²) in [6.45, 7) is 9.41. The monoisotopic (exact) mass is 347 g/mol. The van der Waals surface area contributed by atoms with Gasteiger partial charge in [0.15, 0.2) is 0 Å². The van der Waals surface area contributed by atoms with Gasteiger partial charge in [-0.15, -0.1) is 0 Å². The topological polar surface area (TPSA) is 18.5 Å². The Morgan fingerprint density at radius 1 is 1.08 bits per heavy atom. The highest BCUT2D eigenvalue weighted by Crippen LogP contribution is 2.18. The first-order valence-electron chi connectivity index (χ1n) is 9.66. The Bertz CT molecular complexity index is 480. The van der Waals surface area contributed by atoms with Crippen molar-refractivity contribution < 1.29 is 0 Å². The van der Waals surface area contributed by atoms with Crippen LogP contribution < -0.4 is 10.2 Å². The van der Waals surface area contributed by atoms with Gasteiger partial charge in [0.05, 0.1) is 0 Å². The quantitative estimate of drug-likeness (QED) is 0.762. The molecule has 0 radical (unpaired) electrons. The van der Waals surface area contributed by atoms with Gasteiger partial charge in [0.2, 0.25) is 0 Å². The summed E-state index contributed by atoms with van der Waals surface area (Å²) in [4.78, 5) is 5.18. The fraction of sp³-hybridized carbons (Fsp3) is 0.700. The molecule has 2 aliphatic rings. The molecule has 1 N–H and O–H groups in total. The molecule has 0 amide bonds. The highest BCUT2D eigenvalue weighted by Gasteiger charge is 2.17. The van der Waals surface area contributed by atoms with E-state index in [4.69, 9.17) is 0 Å². The standard InChI is InChI=1S/C20H33N3S/c1-18-5-4-6-20(17-18)23-13-11-22(12-14-23)10-3-2-9-21-19-7-15-24-16-8-19/h4-6,17,19,21H,2-3,7-16H2,1H3. The highest BCUT2D eigenvalue weighted by atomic mass is 32.2. The number of thioether (sulfide) groups is 1. The molecule has 0 atom stereocenters. The highest BCUT2D eigenvalue weighted by molar-refractivity contribution is 7.99. The molecule has 3 rings (SSSR count). The van der Waals surface area contributed by atoms with Crippen molar-refractivity contribution >= 4 is 17.4 Å². The molecule has 24 heavy (non-hydrogen) atoms. The van der Waals surface area contributed by atoms with Gasteiger partial charge < -0.3 is 10.2 Å². The fourth-order valence-electron chi connectivity index (χ4n) is 3.72. The largest absolute Gasteiger partial charge is 0.369 e. The molecule has 0 aliphatic carbocycles. The number of nitrogens with zero attached hydrogens (tertiary/aromatic N) is 2. The summed E-state index contributed by atoms with van der Waals surface area (Å²) in [6, 6.07) is 9.71. The molecule has 2 saturated heterocycles. The van der Waals surface area contributed by atoms with Crippen molar-refractivity contribution in [3.8, 4) is 0 Å². The molecule has 0 saturated carbocycles. The van der Waals surface area contributed by atoms with Gasteiger partial charge >= 0.3 is 0 Å². The van der Waals surface area contributed by atoms with Crippen LogP contribution in [0.25, 0.3) is 0 Å². The number of benzene rings is 1. The number of hydrogen-bond acceptors (Lipinski definition) is 4. The van der Waals surface area contributed by atoms with Crippen LogP contribution in [0.5, 0.6) is 0 Å². The van der Waals surface area contributed by atoms with Crippen LogP contribution in [0, 0.1) is 6.92 Å². The fourth-order valence-corrected chi connectivity index (χ4v) is 4.83. The molecular weight excluding hydrogens is 314 g/mol. The van der Waals surface area contributed by atoms with Crippen LogP contribution in [0.3, 0.4) is 0 Å². The van der Waals surface area contributed by atoms with E-state index >= 15 is 0 Å². The van der Waals surface area contributed by atoms with Crippen molar-refractivity contribution in [2.75, 3.05) is 55.7 Å². The number of nitrogens with one attached hydrogen (secondary N) is 1. The molecule has 0 spiro atoms. The number of unbranched alkanes of at least 4 members (excludes halogenated alkanes) is 1. The maximum Gasteiger partial charge on any atom is 0.0369 e. The van der Waals surface area contributed by atoms with Crippen LogP contribution >= 0.6 is 11.8 Å². The van der Waals surface area contributed by atoms with E-state index in [1.165, 1.54) is 87.7 Å². The lowest BCUT2D eigenvalue weighted by atomic mass is 10.1. The molecule has 2 heterocycles. The molecule has 1 aromatic carbocycles. The predicted octanol–water partition coefficient (Wildman–Crippen LogP) is 3.38. The number of hydrogen-bond donors (Lipinski definition) is 1. The van der Waals surface area contributed by atoms with Gasteiger partial charge in [0, 0.05) is 37.9 Å². The zero-order valence-corrected chi connectivity index (χ0v) is 16.0. The van der Waals surface area contributed by atoms with Crippen LogP contribution in [0.1, 0.15) is 31.2 Å². The summed E-state index contributed by atoms with van der Waals surface area (Å²) < 4.78 is 0. The minimum absolute atomic E-state index is 0.795. The lowest BCUT2D eigenvalue weighted by Crippen LogP contribution is -2.46. The second-order valence-electron chi connectivity index (χ2n) is 7.22. The van der Waals surface area contributed by atoms with Crippen molar-refractivity contribution in [3.05, 3.63) is 29.8 Å². The SMILES string of the molecule is Cc1cccc(N2CCN(CCCCNC3CCSCC3)CC2)c1. The van der Waals surface area contributed by atoms with Gasteiger partial charge in [-0.1, -0.05) is 12.1 Å². The van der Waals surface area contributed by atoms with Gasteiger partial charge in [-0.25, -0.2) is 0 Å². The lowest BCUT2D eigenvalue weighted by Gasteiger charge is -2.36. The van der Waals surface area contributed by atoms with Crippen molar-refractivity contribution in [2.24, 2.45) is 0 Å². The molecule has 0 bridgehead atoms. The van der Waals surface area contributed by atoms with Crippen LogP contribution in [-0.2, 0) is 0 Å². The summed E-state index contributed by atoms with van der Waals surface area (Å²) in [5.74, 6) is 2.70. The predicted molar refractivity (Wildman–Crippen MR) is 107 cm³/mol. The minimum atomic E-state index is 0.795. The van der Waals surface area contributed by atoms with E-state index in [1.54, 1.807) is 0 Å². The van der Waals surface area contributed by atoms with Crippen molar-refractivity contribution in [1.29, 1.82) is 0 Å². The number of piperazine rings is 1. The Hall–Kier alpha value is -0.710. The molecule has 2 fully saturated rings. The van der Waals surface area contributed by atoms with E-state index in [1.807, 2.05) is 0 Å². The maximum atomic E-state index is 3.75. The van der Waals surface area contributed by atoms with Crippen LogP contribution in [-0.4, -0.2) is 61.7 Å². The maximum absolute atomic E-state index is 3.75. The number of rotatable bonds is 7. The zero-order chi connectivity index (χ0) is 16.6. The van der Waals surface area contributed by atoms with Gasteiger partial charge in [-0.3, -0.25) is 4.90 Å². The molecule has 4 heteroatoms. The van der Waals surface area contributed by atoms with Gasteiger partial charge in [-0.2, -0.15) is 11.8 Å². The minimum Gasteiger partial charge on any atom is -0.369 e. The van der Waals surface area contributed by atoms with Crippen LogP contribution in [0.15, 0.2) is 24.3 Å². The van der Waals surface area contributed by atoms with Crippen LogP contribution in [0.2, 0.25) is 0 Å². The average molecular weight is 348 g/mol. The van der Waals surface area contributed by atoms with Gasteiger partial charge in [0.1, 0.15) is 0 Å². The summed E-state index contributed by atoms with van der Waals surface area (Å²) >= 11 is 2.11. The molecule has 134 valence electrons. The molecule has 1 aromatic rings. The Morgan fingerprint density at radius 2 is 1.88 bits per heavy atom. The zero-order valence-electron chi connectivity index (χ0n) is 15.2. The van der Waals surface area contributed by atoms with Crippen molar-refractivity contribution in [1.82, 2.24) is 10.2 Å². The molecular formula is C20H33N3S. The summed E-state index contributed by atoms with van der Waals surface area (Å²) in [6.07, 6.45) is 5.39. The number of aryl methyl sites for hydroxylation is 1. The van der Waals surface area contributed by atoms with Gasteiger partial charge in [-0.05, 0) is 74.9 Å². The van der Waals surface area contributed by atoms with Gasteiger partial charge in [0.25, 0.3) is 0 Å². The lowest BCUT2D eigenvalue weighted by molar-refractivity contribution is 0.252. The third-order valence-electron chi connectivity index (χ3n) is 5.29. The first kappa shape index (κ1) is 18.1. The van der Waals surface area contributed by atoms with E-state index in [2.05, 4.69) is 58.1 Å². The summed E-state index contributed by atoms with van der Waals surface area (Å²) in [5.41, 5.74) is 2.75.